The molecule has 196 valence electrons. The van der Waals surface area contributed by atoms with Crippen LogP contribution in [0.15, 0.2) is 0 Å². The Morgan fingerprint density at radius 2 is 1.41 bits per heavy atom. The van der Waals surface area contributed by atoms with Crippen molar-refractivity contribution in [2.24, 2.45) is 45.3 Å². The fourth-order valence-electron chi connectivity index (χ4n) is 11.2. The van der Waals surface area contributed by atoms with Crippen LogP contribution in [-0.4, -0.2) is 44.8 Å². The van der Waals surface area contributed by atoms with E-state index in [2.05, 4.69) is 41.5 Å². The van der Waals surface area contributed by atoms with Crippen molar-refractivity contribution in [2.45, 2.75) is 143 Å². The summed E-state index contributed by atoms with van der Waals surface area (Å²) in [7, 11) is 0. The first kappa shape index (κ1) is 25.5. The average Bonchev–Trinajstić information content (AvgIpc) is 3.27. The Kier molecular flexibility index (Phi) is 5.59. The minimum atomic E-state index is -0.811. The van der Waals surface area contributed by atoms with E-state index in [4.69, 9.17) is 4.74 Å². The van der Waals surface area contributed by atoms with E-state index in [-0.39, 0.29) is 51.5 Å². The molecular formula is C30H52O4. The standard InChI is InChI=1S/C30H52O4/c1-25(2)21-10-15-29(7)24(27(21,5)13-11-22(25)32)20(31)17-19-18(9-14-28(19,29)6)30(8)16-12-23(34-30)26(3,4)33/h18-24,31-33H,9-17H2,1-8H3/t18-,19+,20+,21-,22-,23-,24+,27-,28+,29+,30+/m0/s1. The lowest BCUT2D eigenvalue weighted by atomic mass is 9.35. The van der Waals surface area contributed by atoms with Gasteiger partial charge in [0.25, 0.3) is 0 Å². The molecule has 4 saturated carbocycles. The van der Waals surface area contributed by atoms with E-state index in [1.165, 1.54) is 6.42 Å². The zero-order valence-electron chi connectivity index (χ0n) is 23.2. The number of ether oxygens (including phenoxy) is 1. The predicted molar refractivity (Wildman–Crippen MR) is 135 cm³/mol. The van der Waals surface area contributed by atoms with Crippen molar-refractivity contribution in [1.82, 2.24) is 0 Å². The van der Waals surface area contributed by atoms with Gasteiger partial charge in [0, 0.05) is 0 Å². The number of fused-ring (bicyclic) bond motifs is 5. The molecular weight excluding hydrogens is 424 g/mol. The van der Waals surface area contributed by atoms with Gasteiger partial charge >= 0.3 is 0 Å². The lowest BCUT2D eigenvalue weighted by molar-refractivity contribution is -0.257. The summed E-state index contributed by atoms with van der Waals surface area (Å²) in [5, 5.41) is 33.5. The largest absolute Gasteiger partial charge is 0.393 e. The Morgan fingerprint density at radius 3 is 2.03 bits per heavy atom. The summed E-state index contributed by atoms with van der Waals surface area (Å²) in [4.78, 5) is 0. The van der Waals surface area contributed by atoms with Crippen molar-refractivity contribution in [2.75, 3.05) is 0 Å². The number of hydrogen-bond donors (Lipinski definition) is 3. The summed E-state index contributed by atoms with van der Waals surface area (Å²) in [6, 6.07) is 0. The van der Waals surface area contributed by atoms with Crippen LogP contribution in [0, 0.1) is 45.3 Å². The van der Waals surface area contributed by atoms with E-state index < -0.39 is 5.60 Å². The van der Waals surface area contributed by atoms with E-state index in [0.29, 0.717) is 17.8 Å². The summed E-state index contributed by atoms with van der Waals surface area (Å²) >= 11 is 0. The molecule has 0 spiro atoms. The van der Waals surface area contributed by atoms with Gasteiger partial charge in [-0.2, -0.15) is 0 Å². The highest BCUT2D eigenvalue weighted by molar-refractivity contribution is 5.20. The summed E-state index contributed by atoms with van der Waals surface area (Å²) in [6.07, 6.45) is 8.71. The van der Waals surface area contributed by atoms with Gasteiger partial charge in [-0.3, -0.25) is 0 Å². The Hall–Kier alpha value is -0.160. The van der Waals surface area contributed by atoms with Crippen molar-refractivity contribution in [3.05, 3.63) is 0 Å². The lowest BCUT2D eigenvalue weighted by Gasteiger charge is -2.70. The monoisotopic (exact) mass is 476 g/mol. The van der Waals surface area contributed by atoms with E-state index in [1.807, 2.05) is 13.8 Å². The SMILES string of the molecule is CC(C)(O)[C@@H]1CC[C@](C)([C@H]2CC[C@]3(C)[C@@H]2C[C@@H](O)[C@@H]2[C@@]4(C)CC[C@H](O)C(C)(C)[C@@H]4CC[C@]23C)O1. The van der Waals surface area contributed by atoms with E-state index in [1.54, 1.807) is 0 Å². The maximum absolute atomic E-state index is 12.0. The van der Waals surface area contributed by atoms with Crippen molar-refractivity contribution >= 4 is 0 Å². The summed E-state index contributed by atoms with van der Waals surface area (Å²) in [5.74, 6) is 1.63. The predicted octanol–water partition coefficient (Wildman–Crippen LogP) is 5.71. The molecule has 34 heavy (non-hydrogen) atoms. The Balaban J connectivity index is 1.48. The van der Waals surface area contributed by atoms with Crippen molar-refractivity contribution in [3.63, 3.8) is 0 Å². The molecule has 1 saturated heterocycles. The van der Waals surface area contributed by atoms with E-state index >= 15 is 0 Å². The van der Waals surface area contributed by atoms with Gasteiger partial charge < -0.3 is 20.1 Å². The molecule has 1 heterocycles. The van der Waals surface area contributed by atoms with Gasteiger partial charge in [0.2, 0.25) is 0 Å². The molecule has 5 rings (SSSR count). The number of aliphatic hydroxyl groups excluding tert-OH is 2. The molecule has 5 aliphatic rings. The highest BCUT2D eigenvalue weighted by atomic mass is 16.5. The van der Waals surface area contributed by atoms with Crippen LogP contribution >= 0.6 is 0 Å². The first-order valence-corrected chi connectivity index (χ1v) is 14.3. The first-order chi connectivity index (χ1) is 15.5. The second kappa shape index (κ2) is 7.45. The van der Waals surface area contributed by atoms with Crippen molar-refractivity contribution < 1.29 is 20.1 Å². The zero-order chi connectivity index (χ0) is 25.1. The molecule has 0 aromatic rings. The minimum Gasteiger partial charge on any atom is -0.393 e. The topological polar surface area (TPSA) is 69.9 Å². The normalized spacial score (nSPS) is 57.1. The van der Waals surface area contributed by atoms with Crippen molar-refractivity contribution in [3.8, 4) is 0 Å². The highest BCUT2D eigenvalue weighted by Gasteiger charge is 2.72. The average molecular weight is 477 g/mol. The fraction of sp³-hybridized carbons (Fsp3) is 1.00. The molecule has 11 atom stereocenters. The van der Waals surface area contributed by atoms with Crippen LogP contribution in [0.25, 0.3) is 0 Å². The quantitative estimate of drug-likeness (QED) is 0.477. The second-order valence-corrected chi connectivity index (χ2v) is 15.5. The molecule has 4 aliphatic carbocycles. The summed E-state index contributed by atoms with van der Waals surface area (Å²) < 4.78 is 6.68. The van der Waals surface area contributed by atoms with E-state index in [0.717, 1.165) is 51.4 Å². The number of rotatable bonds is 2. The first-order valence-electron chi connectivity index (χ1n) is 14.3. The molecule has 1 aliphatic heterocycles. The van der Waals surface area contributed by atoms with Gasteiger partial charge in [0.1, 0.15) is 0 Å². The molecule has 0 unspecified atom stereocenters. The van der Waals surface area contributed by atoms with Gasteiger partial charge in [-0.25, -0.2) is 0 Å². The van der Waals surface area contributed by atoms with Crippen LogP contribution in [0.2, 0.25) is 0 Å². The molecule has 4 heteroatoms. The van der Waals surface area contributed by atoms with Crippen LogP contribution < -0.4 is 0 Å². The van der Waals surface area contributed by atoms with Gasteiger partial charge in [-0.05, 0) is 124 Å². The fourth-order valence-corrected chi connectivity index (χ4v) is 11.2. The Morgan fingerprint density at radius 1 is 0.765 bits per heavy atom. The third-order valence-electron chi connectivity index (χ3n) is 13.2. The number of hydrogen-bond acceptors (Lipinski definition) is 4. The van der Waals surface area contributed by atoms with E-state index in [9.17, 15) is 15.3 Å². The zero-order valence-corrected chi connectivity index (χ0v) is 23.2. The lowest BCUT2D eigenvalue weighted by Crippen LogP contribution is -2.67. The third kappa shape index (κ3) is 3.16. The molecule has 4 nitrogen and oxygen atoms in total. The maximum atomic E-state index is 12.0. The third-order valence-corrected chi connectivity index (χ3v) is 13.2. The molecule has 0 bridgehead atoms. The maximum Gasteiger partial charge on any atom is 0.0865 e. The van der Waals surface area contributed by atoms with Crippen LogP contribution in [-0.2, 0) is 4.74 Å². The summed E-state index contributed by atoms with van der Waals surface area (Å²) in [5.41, 5.74) is -0.766. The van der Waals surface area contributed by atoms with Gasteiger partial charge in [-0.1, -0.05) is 34.6 Å². The Labute approximate surface area is 208 Å². The van der Waals surface area contributed by atoms with Gasteiger partial charge in [-0.15, -0.1) is 0 Å². The molecule has 0 radical (unpaired) electrons. The van der Waals surface area contributed by atoms with Gasteiger partial charge in [0.05, 0.1) is 29.5 Å². The van der Waals surface area contributed by atoms with Crippen LogP contribution in [0.4, 0.5) is 0 Å². The second-order valence-electron chi connectivity index (χ2n) is 15.5. The molecule has 3 N–H and O–H groups in total. The van der Waals surface area contributed by atoms with Crippen LogP contribution in [0.3, 0.4) is 0 Å². The van der Waals surface area contributed by atoms with Crippen LogP contribution in [0.1, 0.15) is 113 Å². The molecule has 0 aromatic heterocycles. The van der Waals surface area contributed by atoms with Crippen molar-refractivity contribution in [1.29, 1.82) is 0 Å². The molecule has 0 amide bonds. The minimum absolute atomic E-state index is 0.0704. The summed E-state index contributed by atoms with van der Waals surface area (Å²) in [6.45, 7) is 18.1. The molecule has 0 aromatic carbocycles. The number of aliphatic hydroxyl groups is 3. The van der Waals surface area contributed by atoms with Gasteiger partial charge in [0.15, 0.2) is 0 Å². The Bertz CT molecular complexity index is 817. The van der Waals surface area contributed by atoms with Crippen LogP contribution in [0.5, 0.6) is 0 Å². The molecule has 5 fully saturated rings. The smallest absolute Gasteiger partial charge is 0.0865 e. The highest BCUT2D eigenvalue weighted by Crippen LogP contribution is 2.76.